The predicted octanol–water partition coefficient (Wildman–Crippen LogP) is 4.76. The predicted molar refractivity (Wildman–Crippen MR) is 110 cm³/mol. The maximum atomic E-state index is 13.3. The van der Waals surface area contributed by atoms with E-state index in [-0.39, 0.29) is 11.9 Å². The van der Waals surface area contributed by atoms with Crippen molar-refractivity contribution >= 4 is 23.0 Å². The van der Waals surface area contributed by atoms with Gasteiger partial charge in [0.25, 0.3) is 5.91 Å². The van der Waals surface area contributed by atoms with E-state index in [0.717, 1.165) is 21.9 Å². The first-order valence-corrected chi connectivity index (χ1v) is 9.80. The van der Waals surface area contributed by atoms with Gasteiger partial charge >= 0.3 is 0 Å². The molecule has 4 rings (SSSR count). The molecule has 1 aliphatic rings. The molecule has 28 heavy (non-hydrogen) atoms. The van der Waals surface area contributed by atoms with Crippen LogP contribution < -0.4 is 9.47 Å². The SMILES string of the molecule is COc1cccc(C(=O)N2N=C(c3cccs3)CC2c2cccc(OC)c2)c1. The molecule has 0 aliphatic carbocycles. The van der Waals surface area contributed by atoms with Gasteiger partial charge in [0.05, 0.1) is 30.9 Å². The highest BCUT2D eigenvalue weighted by Gasteiger charge is 2.34. The van der Waals surface area contributed by atoms with Gasteiger partial charge < -0.3 is 9.47 Å². The van der Waals surface area contributed by atoms with Crippen molar-refractivity contribution in [3.05, 3.63) is 82.0 Å². The van der Waals surface area contributed by atoms with Gasteiger partial charge in [0.1, 0.15) is 11.5 Å². The smallest absolute Gasteiger partial charge is 0.274 e. The highest BCUT2D eigenvalue weighted by Crippen LogP contribution is 2.36. The van der Waals surface area contributed by atoms with E-state index < -0.39 is 0 Å². The van der Waals surface area contributed by atoms with Gasteiger partial charge in [-0.2, -0.15) is 5.10 Å². The van der Waals surface area contributed by atoms with Crippen LogP contribution >= 0.6 is 11.3 Å². The zero-order valence-electron chi connectivity index (χ0n) is 15.7. The molecule has 1 aromatic heterocycles. The molecule has 0 N–H and O–H groups in total. The van der Waals surface area contributed by atoms with E-state index in [0.29, 0.717) is 17.7 Å². The maximum Gasteiger partial charge on any atom is 0.274 e. The van der Waals surface area contributed by atoms with Crippen molar-refractivity contribution < 1.29 is 14.3 Å². The topological polar surface area (TPSA) is 51.1 Å². The quantitative estimate of drug-likeness (QED) is 0.629. The summed E-state index contributed by atoms with van der Waals surface area (Å²) in [5.41, 5.74) is 2.45. The minimum Gasteiger partial charge on any atom is -0.497 e. The molecule has 3 aromatic rings. The molecule has 1 amide bonds. The van der Waals surface area contributed by atoms with Crippen LogP contribution in [-0.4, -0.2) is 30.8 Å². The Labute approximate surface area is 167 Å². The highest BCUT2D eigenvalue weighted by atomic mass is 32.1. The fourth-order valence-electron chi connectivity index (χ4n) is 3.29. The van der Waals surface area contributed by atoms with Crippen molar-refractivity contribution in [1.29, 1.82) is 0 Å². The van der Waals surface area contributed by atoms with Gasteiger partial charge in [0, 0.05) is 12.0 Å². The molecule has 0 saturated heterocycles. The van der Waals surface area contributed by atoms with Crippen molar-refractivity contribution in [3.63, 3.8) is 0 Å². The van der Waals surface area contributed by atoms with Crippen molar-refractivity contribution in [1.82, 2.24) is 5.01 Å². The average Bonchev–Trinajstić information content (AvgIpc) is 3.43. The number of rotatable bonds is 5. The van der Waals surface area contributed by atoms with Crippen LogP contribution in [0.15, 0.2) is 71.1 Å². The van der Waals surface area contributed by atoms with Crippen LogP contribution in [0.5, 0.6) is 11.5 Å². The van der Waals surface area contributed by atoms with Crippen LogP contribution in [0.4, 0.5) is 0 Å². The van der Waals surface area contributed by atoms with Crippen LogP contribution in [0.2, 0.25) is 0 Å². The fraction of sp³-hybridized carbons (Fsp3) is 0.182. The molecule has 0 radical (unpaired) electrons. The second-order valence-electron chi connectivity index (χ2n) is 6.40. The van der Waals surface area contributed by atoms with Gasteiger partial charge in [-0.1, -0.05) is 24.3 Å². The summed E-state index contributed by atoms with van der Waals surface area (Å²) < 4.78 is 10.6. The van der Waals surface area contributed by atoms with Crippen molar-refractivity contribution in [2.75, 3.05) is 14.2 Å². The van der Waals surface area contributed by atoms with Crippen LogP contribution in [0.3, 0.4) is 0 Å². The van der Waals surface area contributed by atoms with Gasteiger partial charge in [-0.3, -0.25) is 4.79 Å². The molecule has 0 bridgehead atoms. The molecular weight excluding hydrogens is 372 g/mol. The molecule has 2 heterocycles. The first-order valence-electron chi connectivity index (χ1n) is 8.92. The second-order valence-corrected chi connectivity index (χ2v) is 7.35. The molecule has 5 nitrogen and oxygen atoms in total. The zero-order valence-corrected chi connectivity index (χ0v) is 16.5. The van der Waals surface area contributed by atoms with Gasteiger partial charge in [0.15, 0.2) is 0 Å². The van der Waals surface area contributed by atoms with Gasteiger partial charge in [-0.05, 0) is 47.3 Å². The van der Waals surface area contributed by atoms with Gasteiger partial charge in [-0.15, -0.1) is 11.3 Å². The third-order valence-corrected chi connectivity index (χ3v) is 5.64. The van der Waals surface area contributed by atoms with E-state index in [9.17, 15) is 4.79 Å². The molecule has 0 fully saturated rings. The monoisotopic (exact) mass is 392 g/mol. The van der Waals surface area contributed by atoms with E-state index in [1.807, 2.05) is 53.9 Å². The molecular formula is C22H20N2O3S. The minimum atomic E-state index is -0.189. The highest BCUT2D eigenvalue weighted by molar-refractivity contribution is 7.12. The number of nitrogens with zero attached hydrogens (tertiary/aromatic N) is 2. The molecule has 0 spiro atoms. The summed E-state index contributed by atoms with van der Waals surface area (Å²) >= 11 is 1.63. The Hall–Kier alpha value is -3.12. The lowest BCUT2D eigenvalue weighted by Crippen LogP contribution is -2.27. The number of hydrogen-bond donors (Lipinski definition) is 0. The number of hydrazone groups is 1. The Kier molecular flexibility index (Phi) is 5.12. The maximum absolute atomic E-state index is 13.3. The standard InChI is InChI=1S/C22H20N2O3S/c1-26-17-8-3-6-15(12-17)20-14-19(21-10-5-11-28-21)23-24(20)22(25)16-7-4-9-18(13-16)27-2/h3-13,20H,14H2,1-2H3. The van der Waals surface area contributed by atoms with Crippen LogP contribution in [-0.2, 0) is 0 Å². The number of amides is 1. The van der Waals surface area contributed by atoms with Gasteiger partial charge in [0.2, 0.25) is 0 Å². The Morgan fingerprint density at radius 2 is 1.79 bits per heavy atom. The second kappa shape index (κ2) is 7.86. The zero-order chi connectivity index (χ0) is 19.5. The summed E-state index contributed by atoms with van der Waals surface area (Å²) in [6.07, 6.45) is 0.656. The van der Waals surface area contributed by atoms with E-state index >= 15 is 0 Å². The van der Waals surface area contributed by atoms with E-state index in [1.165, 1.54) is 0 Å². The number of hydrogen-bond acceptors (Lipinski definition) is 5. The summed E-state index contributed by atoms with van der Waals surface area (Å²) in [7, 11) is 3.23. The van der Waals surface area contributed by atoms with Crippen molar-refractivity contribution in [2.24, 2.45) is 5.10 Å². The number of benzene rings is 2. The Morgan fingerprint density at radius 1 is 1.04 bits per heavy atom. The number of carbonyl (C=O) groups excluding carboxylic acids is 1. The Morgan fingerprint density at radius 3 is 2.50 bits per heavy atom. The Balaban J connectivity index is 1.73. The number of ether oxygens (including phenoxy) is 2. The molecule has 6 heteroatoms. The molecule has 1 atom stereocenters. The first-order chi connectivity index (χ1) is 13.7. The summed E-state index contributed by atoms with van der Waals surface area (Å²) in [4.78, 5) is 14.4. The minimum absolute atomic E-state index is 0.154. The van der Waals surface area contributed by atoms with Crippen LogP contribution in [0.25, 0.3) is 0 Å². The lowest BCUT2D eigenvalue weighted by molar-refractivity contribution is 0.0710. The lowest BCUT2D eigenvalue weighted by atomic mass is 10.0. The number of thiophene rings is 1. The molecule has 142 valence electrons. The molecule has 1 aliphatic heterocycles. The fourth-order valence-corrected chi connectivity index (χ4v) is 4.01. The lowest BCUT2D eigenvalue weighted by Gasteiger charge is -2.22. The summed E-state index contributed by atoms with van der Waals surface area (Å²) in [6.45, 7) is 0. The molecule has 1 unspecified atom stereocenters. The van der Waals surface area contributed by atoms with E-state index in [1.54, 1.807) is 42.7 Å². The number of carbonyl (C=O) groups is 1. The first kappa shape index (κ1) is 18.3. The largest absolute Gasteiger partial charge is 0.497 e. The number of methoxy groups -OCH3 is 2. The Bertz CT molecular complexity index is 1010. The summed E-state index contributed by atoms with van der Waals surface area (Å²) in [6, 6.07) is 18.8. The van der Waals surface area contributed by atoms with E-state index in [2.05, 4.69) is 0 Å². The summed E-state index contributed by atoms with van der Waals surface area (Å²) in [5.74, 6) is 1.25. The normalized spacial score (nSPS) is 16.0. The average molecular weight is 392 g/mol. The third kappa shape index (κ3) is 3.51. The van der Waals surface area contributed by atoms with Crippen LogP contribution in [0, 0.1) is 0 Å². The van der Waals surface area contributed by atoms with Crippen molar-refractivity contribution in [2.45, 2.75) is 12.5 Å². The third-order valence-electron chi connectivity index (χ3n) is 4.72. The van der Waals surface area contributed by atoms with E-state index in [4.69, 9.17) is 14.6 Å². The summed E-state index contributed by atoms with van der Waals surface area (Å²) in [5, 5.41) is 8.31. The van der Waals surface area contributed by atoms with Crippen LogP contribution in [0.1, 0.15) is 33.3 Å². The molecule has 2 aromatic carbocycles. The van der Waals surface area contributed by atoms with Crippen molar-refractivity contribution in [3.8, 4) is 11.5 Å². The molecule has 0 saturated carbocycles. The van der Waals surface area contributed by atoms with Gasteiger partial charge in [-0.25, -0.2) is 5.01 Å².